The molecular formula is C19H24N6O3S2. The number of piperazine rings is 1. The van der Waals surface area contributed by atoms with Crippen molar-refractivity contribution in [3.63, 3.8) is 0 Å². The predicted octanol–water partition coefficient (Wildman–Crippen LogP) is 1.44. The normalized spacial score (nSPS) is 15.6. The molecule has 0 amide bonds. The smallest absolute Gasteiger partial charge is 0.268 e. The molecular weight excluding hydrogens is 424 g/mol. The van der Waals surface area contributed by atoms with Crippen molar-refractivity contribution in [2.45, 2.75) is 13.0 Å². The third-order valence-corrected chi connectivity index (χ3v) is 6.70. The van der Waals surface area contributed by atoms with Crippen molar-refractivity contribution in [2.75, 3.05) is 48.6 Å². The Morgan fingerprint density at radius 2 is 1.83 bits per heavy atom. The van der Waals surface area contributed by atoms with Gasteiger partial charge in [-0.25, -0.2) is 18.4 Å². The van der Waals surface area contributed by atoms with Crippen LogP contribution in [-0.4, -0.2) is 66.2 Å². The zero-order valence-electron chi connectivity index (χ0n) is 16.7. The molecule has 11 heteroatoms. The standard InChI is InChI=1S/C19H24N6O3S2/c1-30(27,28)22-15-4-5-16-17(14-15)29-25(18(16)26)9-3-8-23-10-12-24(13-11-23)19-20-6-2-7-21-19/h2,4-7,14,22H,3,8-13H2,1H3. The Morgan fingerprint density at radius 1 is 1.10 bits per heavy atom. The molecule has 30 heavy (non-hydrogen) atoms. The largest absolute Gasteiger partial charge is 0.338 e. The van der Waals surface area contributed by atoms with Gasteiger partial charge < -0.3 is 4.90 Å². The van der Waals surface area contributed by atoms with Crippen molar-refractivity contribution >= 4 is 43.3 Å². The zero-order valence-corrected chi connectivity index (χ0v) is 18.3. The van der Waals surface area contributed by atoms with E-state index in [1.54, 1.807) is 34.5 Å². The summed E-state index contributed by atoms with van der Waals surface area (Å²) in [6, 6.07) is 6.84. The maximum absolute atomic E-state index is 12.6. The van der Waals surface area contributed by atoms with Crippen LogP contribution in [0.4, 0.5) is 11.6 Å². The van der Waals surface area contributed by atoms with Gasteiger partial charge in [0.25, 0.3) is 5.56 Å². The lowest BCUT2D eigenvalue weighted by atomic mass is 10.2. The first-order valence-corrected chi connectivity index (χ1v) is 12.4. The molecule has 9 nitrogen and oxygen atoms in total. The van der Waals surface area contributed by atoms with E-state index in [1.807, 2.05) is 6.07 Å². The van der Waals surface area contributed by atoms with Crippen molar-refractivity contribution < 1.29 is 8.42 Å². The molecule has 1 N–H and O–H groups in total. The summed E-state index contributed by atoms with van der Waals surface area (Å²) in [4.78, 5) is 25.8. The number of anilines is 2. The summed E-state index contributed by atoms with van der Waals surface area (Å²) in [6.07, 6.45) is 5.51. The van der Waals surface area contributed by atoms with E-state index in [4.69, 9.17) is 0 Å². The molecule has 0 saturated carbocycles. The minimum Gasteiger partial charge on any atom is -0.338 e. The number of aryl methyl sites for hydroxylation is 1. The van der Waals surface area contributed by atoms with Crippen molar-refractivity contribution in [1.82, 2.24) is 18.8 Å². The Kier molecular flexibility index (Phi) is 6.02. The van der Waals surface area contributed by atoms with E-state index in [1.165, 1.54) is 11.5 Å². The van der Waals surface area contributed by atoms with Gasteiger partial charge >= 0.3 is 0 Å². The minimum atomic E-state index is -3.34. The number of benzene rings is 1. The van der Waals surface area contributed by atoms with Gasteiger partial charge in [-0.15, -0.1) is 0 Å². The van der Waals surface area contributed by atoms with Crippen LogP contribution in [0.2, 0.25) is 0 Å². The minimum absolute atomic E-state index is 0.0213. The molecule has 1 saturated heterocycles. The van der Waals surface area contributed by atoms with Crippen LogP contribution in [0.15, 0.2) is 41.5 Å². The highest BCUT2D eigenvalue weighted by atomic mass is 32.2. The SMILES string of the molecule is CS(=O)(=O)Nc1ccc2c(=O)n(CCCN3CCN(c4ncccn4)CC3)sc2c1. The molecule has 0 radical (unpaired) electrons. The second-order valence-corrected chi connectivity index (χ2v) is 10.1. The summed E-state index contributed by atoms with van der Waals surface area (Å²) in [7, 11) is -3.34. The average Bonchev–Trinajstić information content (AvgIpc) is 3.03. The van der Waals surface area contributed by atoms with Gasteiger partial charge in [-0.3, -0.25) is 18.4 Å². The monoisotopic (exact) mass is 448 g/mol. The third-order valence-electron chi connectivity index (χ3n) is 4.99. The lowest BCUT2D eigenvalue weighted by Crippen LogP contribution is -2.47. The van der Waals surface area contributed by atoms with E-state index in [-0.39, 0.29) is 5.56 Å². The molecule has 0 aliphatic carbocycles. The first-order valence-electron chi connectivity index (χ1n) is 9.75. The van der Waals surface area contributed by atoms with Crippen LogP contribution in [0.5, 0.6) is 0 Å². The Balaban J connectivity index is 1.32. The van der Waals surface area contributed by atoms with Gasteiger partial charge in [0.1, 0.15) is 0 Å². The molecule has 0 atom stereocenters. The Hall–Kier alpha value is -2.50. The fraction of sp³-hybridized carbons (Fsp3) is 0.421. The fourth-order valence-corrected chi connectivity index (χ4v) is 5.19. The van der Waals surface area contributed by atoms with Gasteiger partial charge in [0.2, 0.25) is 16.0 Å². The van der Waals surface area contributed by atoms with E-state index in [2.05, 4.69) is 24.5 Å². The number of hydrogen-bond acceptors (Lipinski definition) is 8. The van der Waals surface area contributed by atoms with Gasteiger partial charge in [-0.1, -0.05) is 11.5 Å². The number of fused-ring (bicyclic) bond motifs is 1. The molecule has 1 aromatic carbocycles. The van der Waals surface area contributed by atoms with E-state index in [0.717, 1.165) is 56.0 Å². The van der Waals surface area contributed by atoms with Crippen LogP contribution in [0, 0.1) is 0 Å². The summed E-state index contributed by atoms with van der Waals surface area (Å²) >= 11 is 1.37. The molecule has 0 bridgehead atoms. The second kappa shape index (κ2) is 8.70. The number of aromatic nitrogens is 3. The molecule has 4 rings (SSSR count). The Morgan fingerprint density at radius 3 is 2.53 bits per heavy atom. The molecule has 1 fully saturated rings. The van der Waals surface area contributed by atoms with E-state index < -0.39 is 10.0 Å². The second-order valence-electron chi connectivity index (χ2n) is 7.31. The van der Waals surface area contributed by atoms with Gasteiger partial charge in [0, 0.05) is 57.3 Å². The summed E-state index contributed by atoms with van der Waals surface area (Å²) in [5.41, 5.74) is 0.450. The maximum atomic E-state index is 12.6. The quantitative estimate of drug-likeness (QED) is 0.584. The summed E-state index contributed by atoms with van der Waals surface area (Å²) in [6.45, 7) is 5.24. The maximum Gasteiger partial charge on any atom is 0.268 e. The Bertz CT molecular complexity index is 1170. The molecule has 3 aromatic rings. The van der Waals surface area contributed by atoms with Gasteiger partial charge in [-0.05, 0) is 30.7 Å². The molecule has 1 aliphatic rings. The molecule has 1 aliphatic heterocycles. The average molecular weight is 449 g/mol. The highest BCUT2D eigenvalue weighted by molar-refractivity contribution is 7.92. The Labute approximate surface area is 179 Å². The summed E-state index contributed by atoms with van der Waals surface area (Å²) in [5.74, 6) is 0.777. The van der Waals surface area contributed by atoms with Crippen LogP contribution in [0.1, 0.15) is 6.42 Å². The highest BCUT2D eigenvalue weighted by Crippen LogP contribution is 2.22. The summed E-state index contributed by atoms with van der Waals surface area (Å²) < 4.78 is 27.8. The van der Waals surface area contributed by atoms with Crippen molar-refractivity contribution in [1.29, 1.82) is 0 Å². The lowest BCUT2D eigenvalue weighted by Gasteiger charge is -2.34. The van der Waals surface area contributed by atoms with Crippen LogP contribution >= 0.6 is 11.5 Å². The summed E-state index contributed by atoms with van der Waals surface area (Å²) in [5, 5.41) is 0.621. The number of rotatable bonds is 7. The first kappa shape index (κ1) is 20.8. The third kappa shape index (κ3) is 4.97. The predicted molar refractivity (Wildman–Crippen MR) is 120 cm³/mol. The van der Waals surface area contributed by atoms with Gasteiger partial charge in [0.15, 0.2) is 0 Å². The van der Waals surface area contributed by atoms with Gasteiger partial charge in [0.05, 0.1) is 16.3 Å². The topological polar surface area (TPSA) is 100 Å². The van der Waals surface area contributed by atoms with Crippen molar-refractivity contribution in [2.24, 2.45) is 0 Å². The first-order chi connectivity index (χ1) is 14.4. The molecule has 2 aromatic heterocycles. The number of sulfonamides is 1. The number of nitrogens with zero attached hydrogens (tertiary/aromatic N) is 5. The van der Waals surface area contributed by atoms with E-state index >= 15 is 0 Å². The van der Waals surface area contributed by atoms with Crippen LogP contribution in [0.3, 0.4) is 0 Å². The zero-order chi connectivity index (χ0) is 21.1. The van der Waals surface area contributed by atoms with Crippen LogP contribution in [0.25, 0.3) is 10.1 Å². The number of hydrogen-bond donors (Lipinski definition) is 1. The van der Waals surface area contributed by atoms with Crippen molar-refractivity contribution in [3.8, 4) is 0 Å². The van der Waals surface area contributed by atoms with Gasteiger partial charge in [-0.2, -0.15) is 0 Å². The molecule has 3 heterocycles. The molecule has 0 unspecified atom stereocenters. The van der Waals surface area contributed by atoms with Crippen LogP contribution < -0.4 is 15.2 Å². The lowest BCUT2D eigenvalue weighted by molar-refractivity contribution is 0.250. The van der Waals surface area contributed by atoms with E-state index in [0.29, 0.717) is 17.6 Å². The van der Waals surface area contributed by atoms with Crippen molar-refractivity contribution in [3.05, 3.63) is 47.0 Å². The highest BCUT2D eigenvalue weighted by Gasteiger charge is 2.18. The van der Waals surface area contributed by atoms with E-state index in [9.17, 15) is 13.2 Å². The fourth-order valence-electron chi connectivity index (χ4n) is 3.56. The van der Waals surface area contributed by atoms with Crippen LogP contribution in [-0.2, 0) is 16.6 Å². The molecule has 160 valence electrons. The molecule has 0 spiro atoms. The number of nitrogens with one attached hydrogen (secondary N) is 1.